The zero-order valence-electron chi connectivity index (χ0n) is 6.51. The third-order valence-electron chi connectivity index (χ3n) is 2.44. The number of ketones is 1. The van der Waals surface area contributed by atoms with E-state index in [0.717, 1.165) is 32.4 Å². The van der Waals surface area contributed by atoms with Crippen LogP contribution < -0.4 is 5.32 Å². The molecule has 1 heterocycles. The SMILES string of the molecule is Cl.O=C(C1CC1)C1CCNC1. The van der Waals surface area contributed by atoms with Crippen LogP contribution >= 0.6 is 12.4 Å². The summed E-state index contributed by atoms with van der Waals surface area (Å²) in [6.45, 7) is 1.98. The maximum atomic E-state index is 11.4. The highest BCUT2D eigenvalue weighted by Crippen LogP contribution is 2.33. The van der Waals surface area contributed by atoms with E-state index in [1.807, 2.05) is 0 Å². The smallest absolute Gasteiger partial charge is 0.140 e. The average molecular weight is 176 g/mol. The van der Waals surface area contributed by atoms with Crippen molar-refractivity contribution in [3.8, 4) is 0 Å². The molecule has 0 amide bonds. The Labute approximate surface area is 73.1 Å². The minimum Gasteiger partial charge on any atom is -0.316 e. The lowest BCUT2D eigenvalue weighted by Gasteiger charge is -2.03. The molecular formula is C8H14ClNO. The highest BCUT2D eigenvalue weighted by molar-refractivity contribution is 5.86. The number of carbonyl (C=O) groups is 1. The maximum absolute atomic E-state index is 11.4. The molecular weight excluding hydrogens is 162 g/mol. The van der Waals surface area contributed by atoms with Gasteiger partial charge in [-0.1, -0.05) is 0 Å². The Hall–Kier alpha value is -0.0800. The van der Waals surface area contributed by atoms with Gasteiger partial charge in [-0.25, -0.2) is 0 Å². The quantitative estimate of drug-likeness (QED) is 0.679. The molecule has 1 aliphatic heterocycles. The summed E-state index contributed by atoms with van der Waals surface area (Å²) in [5, 5.41) is 3.22. The fourth-order valence-electron chi connectivity index (χ4n) is 1.60. The molecule has 11 heavy (non-hydrogen) atoms. The van der Waals surface area contributed by atoms with Gasteiger partial charge in [-0.15, -0.1) is 12.4 Å². The lowest BCUT2D eigenvalue weighted by molar-refractivity contribution is -0.123. The van der Waals surface area contributed by atoms with Crippen molar-refractivity contribution in [2.24, 2.45) is 11.8 Å². The van der Waals surface area contributed by atoms with E-state index in [9.17, 15) is 4.79 Å². The average Bonchev–Trinajstić information content (AvgIpc) is 2.65. The molecule has 0 spiro atoms. The number of rotatable bonds is 2. The highest BCUT2D eigenvalue weighted by atomic mass is 35.5. The van der Waals surface area contributed by atoms with Gasteiger partial charge >= 0.3 is 0 Å². The lowest BCUT2D eigenvalue weighted by Crippen LogP contribution is -2.18. The summed E-state index contributed by atoms with van der Waals surface area (Å²) < 4.78 is 0. The first-order valence-corrected chi connectivity index (χ1v) is 4.12. The van der Waals surface area contributed by atoms with Gasteiger partial charge in [0.15, 0.2) is 0 Å². The second-order valence-electron chi connectivity index (χ2n) is 3.37. The molecule has 1 saturated carbocycles. The zero-order chi connectivity index (χ0) is 6.97. The number of nitrogens with one attached hydrogen (secondary N) is 1. The number of carbonyl (C=O) groups excluding carboxylic acids is 1. The minimum absolute atomic E-state index is 0. The molecule has 2 nitrogen and oxygen atoms in total. The Morgan fingerprint density at radius 1 is 1.18 bits per heavy atom. The Balaban J connectivity index is 0.000000605. The van der Waals surface area contributed by atoms with Crippen LogP contribution in [-0.2, 0) is 4.79 Å². The Morgan fingerprint density at radius 2 is 1.91 bits per heavy atom. The second-order valence-corrected chi connectivity index (χ2v) is 3.37. The first-order valence-electron chi connectivity index (χ1n) is 4.12. The van der Waals surface area contributed by atoms with Gasteiger partial charge in [0.1, 0.15) is 5.78 Å². The van der Waals surface area contributed by atoms with E-state index in [-0.39, 0.29) is 12.4 Å². The molecule has 0 radical (unpaired) electrons. The Kier molecular flexibility index (Phi) is 2.90. The third-order valence-corrected chi connectivity index (χ3v) is 2.44. The van der Waals surface area contributed by atoms with Crippen molar-refractivity contribution in [3.05, 3.63) is 0 Å². The molecule has 1 N–H and O–H groups in total. The van der Waals surface area contributed by atoms with Gasteiger partial charge < -0.3 is 5.32 Å². The minimum atomic E-state index is 0. The number of hydrogen-bond donors (Lipinski definition) is 1. The molecule has 3 heteroatoms. The summed E-state index contributed by atoms with van der Waals surface area (Å²) in [4.78, 5) is 11.4. The molecule has 2 aliphatic rings. The fourth-order valence-corrected chi connectivity index (χ4v) is 1.60. The van der Waals surface area contributed by atoms with E-state index in [2.05, 4.69) is 5.32 Å². The number of halogens is 1. The molecule has 1 unspecified atom stereocenters. The first kappa shape index (κ1) is 9.01. The summed E-state index contributed by atoms with van der Waals surface area (Å²) in [6, 6.07) is 0. The molecule has 1 saturated heterocycles. The molecule has 64 valence electrons. The largest absolute Gasteiger partial charge is 0.316 e. The first-order chi connectivity index (χ1) is 4.88. The zero-order valence-corrected chi connectivity index (χ0v) is 7.32. The van der Waals surface area contributed by atoms with Gasteiger partial charge in [0.25, 0.3) is 0 Å². The van der Waals surface area contributed by atoms with E-state index < -0.39 is 0 Å². The Morgan fingerprint density at radius 3 is 2.36 bits per heavy atom. The van der Waals surface area contributed by atoms with E-state index in [1.165, 1.54) is 0 Å². The van der Waals surface area contributed by atoms with E-state index in [0.29, 0.717) is 17.6 Å². The molecule has 1 atom stereocenters. The van der Waals surface area contributed by atoms with E-state index in [4.69, 9.17) is 0 Å². The van der Waals surface area contributed by atoms with Crippen molar-refractivity contribution in [1.82, 2.24) is 5.32 Å². The van der Waals surface area contributed by atoms with Crippen molar-refractivity contribution < 1.29 is 4.79 Å². The van der Waals surface area contributed by atoms with Crippen LogP contribution in [-0.4, -0.2) is 18.9 Å². The van der Waals surface area contributed by atoms with Gasteiger partial charge in [-0.05, 0) is 25.8 Å². The van der Waals surface area contributed by atoms with Crippen molar-refractivity contribution in [3.63, 3.8) is 0 Å². The van der Waals surface area contributed by atoms with Crippen molar-refractivity contribution in [2.45, 2.75) is 19.3 Å². The van der Waals surface area contributed by atoms with Crippen LogP contribution in [0.5, 0.6) is 0 Å². The third kappa shape index (κ3) is 1.94. The fraction of sp³-hybridized carbons (Fsp3) is 0.875. The Bertz CT molecular complexity index is 150. The number of Topliss-reactive ketones (excluding diaryl/α,β-unsaturated/α-hetero) is 1. The van der Waals surface area contributed by atoms with Crippen LogP contribution in [0, 0.1) is 11.8 Å². The van der Waals surface area contributed by atoms with Gasteiger partial charge in [0.2, 0.25) is 0 Å². The van der Waals surface area contributed by atoms with Crippen LogP contribution in [0.15, 0.2) is 0 Å². The van der Waals surface area contributed by atoms with Gasteiger partial charge in [0.05, 0.1) is 0 Å². The predicted octanol–water partition coefficient (Wildman–Crippen LogP) is 0.997. The highest BCUT2D eigenvalue weighted by Gasteiger charge is 2.35. The topological polar surface area (TPSA) is 29.1 Å². The molecule has 2 rings (SSSR count). The molecule has 2 fully saturated rings. The van der Waals surface area contributed by atoms with E-state index >= 15 is 0 Å². The summed E-state index contributed by atoms with van der Waals surface area (Å²) in [7, 11) is 0. The molecule has 0 aromatic heterocycles. The van der Waals surface area contributed by atoms with Crippen molar-refractivity contribution >= 4 is 18.2 Å². The molecule has 0 bridgehead atoms. The van der Waals surface area contributed by atoms with Crippen molar-refractivity contribution in [1.29, 1.82) is 0 Å². The molecule has 1 aliphatic carbocycles. The summed E-state index contributed by atoms with van der Waals surface area (Å²) in [6.07, 6.45) is 3.40. The van der Waals surface area contributed by atoms with Crippen LogP contribution in [0.4, 0.5) is 0 Å². The van der Waals surface area contributed by atoms with Gasteiger partial charge in [-0.2, -0.15) is 0 Å². The standard InChI is InChI=1S/C8H13NO.ClH/c10-8(6-1-2-6)7-3-4-9-5-7;/h6-7,9H,1-5H2;1H. The van der Waals surface area contributed by atoms with Crippen LogP contribution in [0.25, 0.3) is 0 Å². The van der Waals surface area contributed by atoms with Crippen LogP contribution in [0.2, 0.25) is 0 Å². The monoisotopic (exact) mass is 175 g/mol. The lowest BCUT2D eigenvalue weighted by atomic mass is 10.0. The van der Waals surface area contributed by atoms with E-state index in [1.54, 1.807) is 0 Å². The van der Waals surface area contributed by atoms with Gasteiger partial charge in [0, 0.05) is 18.4 Å². The summed E-state index contributed by atoms with van der Waals surface area (Å²) >= 11 is 0. The summed E-state index contributed by atoms with van der Waals surface area (Å²) in [5.41, 5.74) is 0. The van der Waals surface area contributed by atoms with Crippen LogP contribution in [0.3, 0.4) is 0 Å². The van der Waals surface area contributed by atoms with Crippen molar-refractivity contribution in [2.75, 3.05) is 13.1 Å². The predicted molar refractivity (Wildman–Crippen MR) is 46.0 cm³/mol. The molecule has 0 aromatic rings. The summed E-state index contributed by atoms with van der Waals surface area (Å²) in [5.74, 6) is 1.36. The van der Waals surface area contributed by atoms with Crippen LogP contribution in [0.1, 0.15) is 19.3 Å². The second kappa shape index (κ2) is 3.55. The molecule has 0 aromatic carbocycles. The van der Waals surface area contributed by atoms with Gasteiger partial charge in [-0.3, -0.25) is 4.79 Å². The normalized spacial score (nSPS) is 29.6. The maximum Gasteiger partial charge on any atom is 0.140 e. The number of hydrogen-bond acceptors (Lipinski definition) is 2.